The quantitative estimate of drug-likeness (QED) is 0.910. The van der Waals surface area contributed by atoms with Gasteiger partial charge >= 0.3 is 0 Å². The number of amidine groups is 1. The van der Waals surface area contributed by atoms with Crippen LogP contribution in [0.25, 0.3) is 0 Å². The van der Waals surface area contributed by atoms with Gasteiger partial charge in [-0.1, -0.05) is 30.8 Å². The number of aliphatic imine (C=N–C) groups is 1. The Hall–Kier alpha value is -1.03. The van der Waals surface area contributed by atoms with E-state index in [9.17, 15) is 4.39 Å². The van der Waals surface area contributed by atoms with Gasteiger partial charge in [0.05, 0.1) is 6.54 Å². The van der Waals surface area contributed by atoms with Crippen molar-refractivity contribution in [2.45, 2.75) is 46.2 Å². The van der Waals surface area contributed by atoms with Crippen LogP contribution in [0.3, 0.4) is 0 Å². The van der Waals surface area contributed by atoms with Gasteiger partial charge < -0.3 is 5.32 Å². The van der Waals surface area contributed by atoms with Crippen molar-refractivity contribution in [3.63, 3.8) is 0 Å². The molecular formula is C15H21FN2S. The summed E-state index contributed by atoms with van der Waals surface area (Å²) < 4.78 is 13.5. The van der Waals surface area contributed by atoms with E-state index in [1.807, 2.05) is 12.1 Å². The molecule has 0 radical (unpaired) electrons. The van der Waals surface area contributed by atoms with E-state index in [1.54, 1.807) is 25.6 Å². The molecule has 0 amide bonds. The Morgan fingerprint density at radius 1 is 1.37 bits per heavy atom. The largest absolute Gasteiger partial charge is 0.359 e. The first-order chi connectivity index (χ1) is 8.93. The lowest BCUT2D eigenvalue weighted by Gasteiger charge is -2.20. The van der Waals surface area contributed by atoms with E-state index in [-0.39, 0.29) is 11.4 Å². The molecule has 0 bridgehead atoms. The minimum Gasteiger partial charge on any atom is -0.359 e. The highest BCUT2D eigenvalue weighted by molar-refractivity contribution is 8.14. The maximum atomic E-state index is 13.5. The Labute approximate surface area is 118 Å². The molecule has 0 aromatic heterocycles. The molecule has 1 saturated heterocycles. The molecule has 1 aliphatic heterocycles. The smallest absolute Gasteiger partial charge is 0.157 e. The number of rotatable bonds is 3. The Kier molecular flexibility index (Phi) is 4.19. The summed E-state index contributed by atoms with van der Waals surface area (Å²) in [5.41, 5.74) is 2.62. The van der Waals surface area contributed by atoms with Crippen LogP contribution in [0, 0.1) is 19.7 Å². The van der Waals surface area contributed by atoms with Gasteiger partial charge in [-0.05, 0) is 43.9 Å². The second-order valence-corrected chi connectivity index (χ2v) is 6.46. The van der Waals surface area contributed by atoms with Gasteiger partial charge in [-0.15, -0.1) is 0 Å². The minimum absolute atomic E-state index is 0.108. The van der Waals surface area contributed by atoms with Crippen molar-refractivity contribution in [3.05, 3.63) is 34.6 Å². The SMILES string of the molecule is CCC1(C)CSC(=NCc2cc(C)c(F)c(C)c2)N1. The molecule has 104 valence electrons. The van der Waals surface area contributed by atoms with Crippen LogP contribution in [0.1, 0.15) is 37.0 Å². The van der Waals surface area contributed by atoms with Crippen LogP contribution in [0.4, 0.5) is 4.39 Å². The van der Waals surface area contributed by atoms with E-state index >= 15 is 0 Å². The molecule has 4 heteroatoms. The summed E-state index contributed by atoms with van der Waals surface area (Å²) in [5, 5.41) is 4.47. The number of nitrogens with zero attached hydrogens (tertiary/aromatic N) is 1. The molecule has 1 fully saturated rings. The molecule has 1 unspecified atom stereocenters. The first-order valence-electron chi connectivity index (χ1n) is 6.64. The van der Waals surface area contributed by atoms with Gasteiger partial charge in [0.25, 0.3) is 0 Å². The second-order valence-electron chi connectivity index (χ2n) is 5.49. The zero-order chi connectivity index (χ0) is 14.0. The molecule has 1 aromatic rings. The monoisotopic (exact) mass is 280 g/mol. The highest BCUT2D eigenvalue weighted by Gasteiger charge is 2.30. The summed E-state index contributed by atoms with van der Waals surface area (Å²) in [6.45, 7) is 8.61. The molecule has 2 rings (SSSR count). The van der Waals surface area contributed by atoms with Gasteiger partial charge in [0.2, 0.25) is 0 Å². The Bertz CT molecular complexity index is 490. The lowest BCUT2D eigenvalue weighted by Crippen LogP contribution is -2.39. The summed E-state index contributed by atoms with van der Waals surface area (Å²) >= 11 is 1.77. The number of hydrogen-bond acceptors (Lipinski definition) is 2. The molecule has 1 atom stereocenters. The lowest BCUT2D eigenvalue weighted by atomic mass is 10.0. The van der Waals surface area contributed by atoms with Crippen LogP contribution in [-0.2, 0) is 6.54 Å². The fourth-order valence-electron chi connectivity index (χ4n) is 2.12. The molecule has 2 nitrogen and oxygen atoms in total. The Morgan fingerprint density at radius 2 is 2.00 bits per heavy atom. The summed E-state index contributed by atoms with van der Waals surface area (Å²) in [4.78, 5) is 4.59. The average molecular weight is 280 g/mol. The van der Waals surface area contributed by atoms with Crippen molar-refractivity contribution in [3.8, 4) is 0 Å². The number of benzene rings is 1. The van der Waals surface area contributed by atoms with Crippen LogP contribution in [0.5, 0.6) is 0 Å². The first kappa shape index (κ1) is 14.4. The number of thioether (sulfide) groups is 1. The fraction of sp³-hybridized carbons (Fsp3) is 0.533. The standard InChI is InChI=1S/C15H21FN2S/c1-5-15(4)9-19-14(18-15)17-8-12-6-10(2)13(16)11(3)7-12/h6-7H,5,8-9H2,1-4H3,(H,17,18). The van der Waals surface area contributed by atoms with Crippen molar-refractivity contribution in [2.24, 2.45) is 4.99 Å². The van der Waals surface area contributed by atoms with Crippen molar-refractivity contribution in [1.82, 2.24) is 5.32 Å². The predicted molar refractivity (Wildman–Crippen MR) is 81.3 cm³/mol. The van der Waals surface area contributed by atoms with Crippen LogP contribution in [0.2, 0.25) is 0 Å². The Balaban J connectivity index is 2.07. The lowest BCUT2D eigenvalue weighted by molar-refractivity contribution is 0.466. The number of nitrogens with one attached hydrogen (secondary N) is 1. The third kappa shape index (κ3) is 3.30. The van der Waals surface area contributed by atoms with Crippen molar-refractivity contribution in [2.75, 3.05) is 5.75 Å². The molecule has 0 saturated carbocycles. The summed E-state index contributed by atoms with van der Waals surface area (Å²) in [7, 11) is 0. The highest BCUT2D eigenvalue weighted by Crippen LogP contribution is 2.26. The van der Waals surface area contributed by atoms with Crippen LogP contribution >= 0.6 is 11.8 Å². The van der Waals surface area contributed by atoms with Gasteiger partial charge in [0.15, 0.2) is 5.17 Å². The molecule has 0 aliphatic carbocycles. The third-order valence-electron chi connectivity index (χ3n) is 3.62. The maximum absolute atomic E-state index is 13.5. The zero-order valence-electron chi connectivity index (χ0n) is 12.0. The van der Waals surface area contributed by atoms with E-state index in [1.165, 1.54) is 0 Å². The summed E-state index contributed by atoms with van der Waals surface area (Å²) in [6, 6.07) is 3.76. The zero-order valence-corrected chi connectivity index (χ0v) is 12.8. The van der Waals surface area contributed by atoms with Crippen molar-refractivity contribution < 1.29 is 4.39 Å². The van der Waals surface area contributed by atoms with Crippen molar-refractivity contribution in [1.29, 1.82) is 0 Å². The van der Waals surface area contributed by atoms with E-state index in [0.29, 0.717) is 17.7 Å². The molecule has 19 heavy (non-hydrogen) atoms. The second kappa shape index (κ2) is 5.53. The molecule has 1 heterocycles. The van der Waals surface area contributed by atoms with E-state index < -0.39 is 0 Å². The molecular weight excluding hydrogens is 259 g/mol. The number of halogens is 1. The molecule has 0 spiro atoms. The van der Waals surface area contributed by atoms with Gasteiger partial charge in [-0.2, -0.15) is 0 Å². The predicted octanol–water partition coefficient (Wildman–Crippen LogP) is 3.80. The molecule has 1 aromatic carbocycles. The number of aryl methyl sites for hydroxylation is 2. The molecule has 1 N–H and O–H groups in total. The summed E-state index contributed by atoms with van der Waals surface area (Å²) in [5.74, 6) is 0.951. The van der Waals surface area contributed by atoms with E-state index in [4.69, 9.17) is 0 Å². The first-order valence-corrected chi connectivity index (χ1v) is 7.63. The van der Waals surface area contributed by atoms with Gasteiger partial charge in [-0.3, -0.25) is 4.99 Å². The summed E-state index contributed by atoms with van der Waals surface area (Å²) in [6.07, 6.45) is 1.09. The van der Waals surface area contributed by atoms with Gasteiger partial charge in [0.1, 0.15) is 5.82 Å². The molecule has 1 aliphatic rings. The third-order valence-corrected chi connectivity index (χ3v) is 4.90. The van der Waals surface area contributed by atoms with Crippen LogP contribution < -0.4 is 5.32 Å². The van der Waals surface area contributed by atoms with Gasteiger partial charge in [-0.25, -0.2) is 4.39 Å². The van der Waals surface area contributed by atoms with Crippen LogP contribution in [-0.4, -0.2) is 16.5 Å². The topological polar surface area (TPSA) is 24.4 Å². The van der Waals surface area contributed by atoms with Crippen molar-refractivity contribution >= 4 is 16.9 Å². The Morgan fingerprint density at radius 3 is 2.53 bits per heavy atom. The normalized spacial score (nSPS) is 24.8. The minimum atomic E-state index is -0.108. The number of hydrogen-bond donors (Lipinski definition) is 1. The van der Waals surface area contributed by atoms with E-state index in [0.717, 1.165) is 22.9 Å². The fourth-order valence-corrected chi connectivity index (χ4v) is 3.33. The van der Waals surface area contributed by atoms with E-state index in [2.05, 4.69) is 24.2 Å². The van der Waals surface area contributed by atoms with Crippen LogP contribution in [0.15, 0.2) is 17.1 Å². The average Bonchev–Trinajstić information content (AvgIpc) is 2.76. The highest BCUT2D eigenvalue weighted by atomic mass is 32.2. The maximum Gasteiger partial charge on any atom is 0.157 e. The van der Waals surface area contributed by atoms with Gasteiger partial charge in [0, 0.05) is 11.3 Å².